The van der Waals surface area contributed by atoms with Gasteiger partial charge >= 0.3 is 0 Å². The summed E-state index contributed by atoms with van der Waals surface area (Å²) in [5.41, 5.74) is 7.90. The summed E-state index contributed by atoms with van der Waals surface area (Å²) in [5.74, 6) is 1.37. The minimum absolute atomic E-state index is 0.325. The molecule has 0 unspecified atom stereocenters. The highest BCUT2D eigenvalue weighted by molar-refractivity contribution is 7.80. The van der Waals surface area contributed by atoms with Gasteiger partial charge in [-0.3, -0.25) is 20.5 Å². The first-order valence-electron chi connectivity index (χ1n) is 8.92. The molecule has 6 nitrogen and oxygen atoms in total. The molecule has 1 amide bonds. The second kappa shape index (κ2) is 10.1. The van der Waals surface area contributed by atoms with Crippen molar-refractivity contribution in [3.8, 4) is 11.5 Å². The van der Waals surface area contributed by atoms with E-state index in [1.807, 2.05) is 83.8 Å². The Bertz CT molecular complexity index is 932. The predicted molar refractivity (Wildman–Crippen MR) is 118 cm³/mol. The molecule has 0 aliphatic heterocycles. The molecule has 0 bridgehead atoms. The quantitative estimate of drug-likeness (QED) is 0.332. The van der Waals surface area contributed by atoms with Gasteiger partial charge in [0.05, 0.1) is 19.3 Å². The van der Waals surface area contributed by atoms with Crippen LogP contribution in [0.2, 0.25) is 0 Å². The Morgan fingerprint density at radius 3 is 2.24 bits per heavy atom. The molecule has 0 aliphatic rings. The van der Waals surface area contributed by atoms with Crippen molar-refractivity contribution in [2.24, 2.45) is 0 Å². The Kier molecular flexibility index (Phi) is 7.02. The first-order valence-corrected chi connectivity index (χ1v) is 9.33. The van der Waals surface area contributed by atoms with Gasteiger partial charge in [0.25, 0.3) is 5.17 Å². The van der Waals surface area contributed by atoms with Crippen molar-refractivity contribution in [1.29, 1.82) is 0 Å². The second-order valence-electron chi connectivity index (χ2n) is 6.05. The Morgan fingerprint density at radius 1 is 0.966 bits per heavy atom. The van der Waals surface area contributed by atoms with Gasteiger partial charge in [-0.2, -0.15) is 0 Å². The summed E-state index contributed by atoms with van der Waals surface area (Å²) >= 11 is 5.60. The predicted octanol–water partition coefficient (Wildman–Crippen LogP) is 4.14. The molecule has 0 aromatic heterocycles. The molecule has 0 saturated heterocycles. The fourth-order valence-corrected chi connectivity index (χ4v) is 2.93. The Balaban J connectivity index is 1.81. The lowest BCUT2D eigenvalue weighted by Gasteiger charge is -2.25. The van der Waals surface area contributed by atoms with Crippen LogP contribution in [-0.2, 0) is 11.3 Å². The van der Waals surface area contributed by atoms with Gasteiger partial charge in [0.15, 0.2) is 0 Å². The summed E-state index contributed by atoms with van der Waals surface area (Å²) in [7, 11) is 1.62. The van der Waals surface area contributed by atoms with Crippen LogP contribution < -0.4 is 25.2 Å². The number of carbonyl (C=O) groups is 1. The number of nitrogens with zero attached hydrogens (tertiary/aromatic N) is 1. The summed E-state index contributed by atoms with van der Waals surface area (Å²) in [6.45, 7) is 0.551. The van der Waals surface area contributed by atoms with Crippen molar-refractivity contribution < 1.29 is 14.3 Å². The SMILES string of the molecule is COc1ccc(OC(=S)N(Cc2ccccc2)c2ccc(NNC=O)cc2)cc1. The first kappa shape index (κ1) is 20.2. The maximum Gasteiger partial charge on any atom is 0.269 e. The molecule has 148 valence electrons. The van der Waals surface area contributed by atoms with Gasteiger partial charge in [0.1, 0.15) is 11.5 Å². The zero-order chi connectivity index (χ0) is 20.5. The molecule has 0 spiro atoms. The highest BCUT2D eigenvalue weighted by Gasteiger charge is 2.15. The van der Waals surface area contributed by atoms with Crippen molar-refractivity contribution in [1.82, 2.24) is 5.43 Å². The zero-order valence-electron chi connectivity index (χ0n) is 15.9. The fourth-order valence-electron chi connectivity index (χ4n) is 2.66. The first-order chi connectivity index (χ1) is 14.2. The Labute approximate surface area is 175 Å². The average Bonchev–Trinajstić information content (AvgIpc) is 2.77. The number of amides is 1. The number of ether oxygens (including phenoxy) is 2. The van der Waals surface area contributed by atoms with Crippen LogP contribution in [0.3, 0.4) is 0 Å². The van der Waals surface area contributed by atoms with Crippen LogP contribution in [0.5, 0.6) is 11.5 Å². The number of hydrogen-bond donors (Lipinski definition) is 2. The Morgan fingerprint density at radius 2 is 1.62 bits per heavy atom. The third kappa shape index (κ3) is 5.70. The maximum absolute atomic E-state index is 10.4. The number of benzene rings is 3. The van der Waals surface area contributed by atoms with E-state index in [1.165, 1.54) is 0 Å². The van der Waals surface area contributed by atoms with Crippen LogP contribution in [0.25, 0.3) is 0 Å². The number of hydrogen-bond acceptors (Lipinski definition) is 5. The molecule has 0 atom stereocenters. The topological polar surface area (TPSA) is 62.8 Å². The molecule has 0 saturated carbocycles. The summed E-state index contributed by atoms with van der Waals surface area (Å²) in [6, 6.07) is 24.8. The van der Waals surface area contributed by atoms with E-state index in [0.29, 0.717) is 23.9 Å². The number of thiocarbonyl (C=S) groups is 1. The van der Waals surface area contributed by atoms with Gasteiger partial charge in [-0.15, -0.1) is 0 Å². The highest BCUT2D eigenvalue weighted by atomic mass is 32.1. The van der Waals surface area contributed by atoms with E-state index in [0.717, 1.165) is 22.7 Å². The van der Waals surface area contributed by atoms with E-state index in [2.05, 4.69) is 10.9 Å². The van der Waals surface area contributed by atoms with Gasteiger partial charge in [0.2, 0.25) is 6.41 Å². The maximum atomic E-state index is 10.4. The molecular weight excluding hydrogens is 386 g/mol. The largest absolute Gasteiger partial charge is 0.497 e. The molecule has 3 rings (SSSR count). The van der Waals surface area contributed by atoms with Gasteiger partial charge < -0.3 is 9.47 Å². The van der Waals surface area contributed by atoms with Crippen molar-refractivity contribution in [2.75, 3.05) is 17.4 Å². The molecule has 2 N–H and O–H groups in total. The van der Waals surface area contributed by atoms with Gasteiger partial charge in [-0.05, 0) is 66.3 Å². The normalized spacial score (nSPS) is 9.97. The lowest BCUT2D eigenvalue weighted by Crippen LogP contribution is -2.32. The summed E-state index contributed by atoms with van der Waals surface area (Å²) in [6.07, 6.45) is 0.577. The van der Waals surface area contributed by atoms with Crippen molar-refractivity contribution >= 4 is 35.2 Å². The third-order valence-corrected chi connectivity index (χ3v) is 4.43. The molecule has 3 aromatic carbocycles. The molecule has 7 heteroatoms. The van der Waals surface area contributed by atoms with Gasteiger partial charge in [0, 0.05) is 5.69 Å². The third-order valence-electron chi connectivity index (χ3n) is 4.12. The molecule has 0 heterocycles. The average molecular weight is 407 g/mol. The number of methoxy groups -OCH3 is 1. The smallest absolute Gasteiger partial charge is 0.269 e. The molecule has 0 fully saturated rings. The monoisotopic (exact) mass is 407 g/mol. The number of anilines is 2. The molecule has 0 aliphatic carbocycles. The van der Waals surface area contributed by atoms with Crippen LogP contribution in [-0.4, -0.2) is 18.7 Å². The number of nitrogens with one attached hydrogen (secondary N) is 2. The van der Waals surface area contributed by atoms with E-state index < -0.39 is 0 Å². The molecular formula is C22H21N3O3S. The lowest BCUT2D eigenvalue weighted by atomic mass is 10.2. The Hall–Kier alpha value is -3.58. The van der Waals surface area contributed by atoms with Crippen molar-refractivity contribution in [3.63, 3.8) is 0 Å². The zero-order valence-corrected chi connectivity index (χ0v) is 16.7. The van der Waals surface area contributed by atoms with Crippen molar-refractivity contribution in [3.05, 3.63) is 84.4 Å². The van der Waals surface area contributed by atoms with Crippen LogP contribution in [0, 0.1) is 0 Å². The summed E-state index contributed by atoms with van der Waals surface area (Å²) < 4.78 is 11.1. The van der Waals surface area contributed by atoms with Crippen LogP contribution in [0.15, 0.2) is 78.9 Å². The summed E-state index contributed by atoms with van der Waals surface area (Å²) in [4.78, 5) is 12.3. The van der Waals surface area contributed by atoms with Crippen LogP contribution >= 0.6 is 12.2 Å². The minimum atomic E-state index is 0.325. The van der Waals surface area contributed by atoms with Gasteiger partial charge in [-0.25, -0.2) is 0 Å². The summed E-state index contributed by atoms with van der Waals surface area (Å²) in [5, 5.41) is 0.325. The van der Waals surface area contributed by atoms with E-state index in [-0.39, 0.29) is 0 Å². The number of hydrazine groups is 1. The van der Waals surface area contributed by atoms with E-state index in [4.69, 9.17) is 21.7 Å². The highest BCUT2D eigenvalue weighted by Crippen LogP contribution is 2.23. The van der Waals surface area contributed by atoms with E-state index in [1.54, 1.807) is 7.11 Å². The van der Waals surface area contributed by atoms with E-state index in [9.17, 15) is 4.79 Å². The minimum Gasteiger partial charge on any atom is -0.497 e. The number of rotatable bonds is 8. The molecule has 29 heavy (non-hydrogen) atoms. The van der Waals surface area contributed by atoms with Gasteiger partial charge in [-0.1, -0.05) is 30.3 Å². The van der Waals surface area contributed by atoms with Crippen LogP contribution in [0.4, 0.5) is 11.4 Å². The van der Waals surface area contributed by atoms with Crippen LogP contribution in [0.1, 0.15) is 5.56 Å². The molecule has 0 radical (unpaired) electrons. The number of carbonyl (C=O) groups excluding carboxylic acids is 1. The van der Waals surface area contributed by atoms with Crippen molar-refractivity contribution in [2.45, 2.75) is 6.54 Å². The lowest BCUT2D eigenvalue weighted by molar-refractivity contribution is -0.109. The molecule has 3 aromatic rings. The second-order valence-corrected chi connectivity index (χ2v) is 6.40. The van der Waals surface area contributed by atoms with E-state index >= 15 is 0 Å². The standard InChI is InChI=1S/C22H21N3O3S/c1-27-20-11-13-21(14-12-20)28-22(29)25(15-17-5-3-2-4-6-17)19-9-7-18(8-10-19)24-23-16-26/h2-14,16,24H,15H2,1H3,(H,23,26). The fraction of sp³-hybridized carbons (Fsp3) is 0.0909.